The quantitative estimate of drug-likeness (QED) is 0.492. The second-order valence-electron chi connectivity index (χ2n) is 3.88. The summed E-state index contributed by atoms with van der Waals surface area (Å²) in [6, 6.07) is 4.49. The lowest BCUT2D eigenvalue weighted by atomic mass is 10.1. The van der Waals surface area contributed by atoms with E-state index in [0.717, 1.165) is 0 Å². The number of nitrogens with zero attached hydrogens (tertiary/aromatic N) is 1. The Hall–Kier alpha value is -2.24. The molecule has 0 aliphatic carbocycles. The Morgan fingerprint density at radius 3 is 2.56 bits per heavy atom. The van der Waals surface area contributed by atoms with E-state index in [1.807, 2.05) is 6.92 Å². The van der Waals surface area contributed by atoms with Crippen molar-refractivity contribution >= 4 is 23.1 Å². The van der Waals surface area contributed by atoms with Gasteiger partial charge >= 0.3 is 0 Å². The summed E-state index contributed by atoms with van der Waals surface area (Å²) >= 11 is 0. The van der Waals surface area contributed by atoms with Crippen LogP contribution in [0.1, 0.15) is 25.8 Å². The van der Waals surface area contributed by atoms with E-state index in [1.165, 1.54) is 13.0 Å². The minimum absolute atomic E-state index is 0.0295. The topological polar surface area (TPSA) is 89.3 Å². The van der Waals surface area contributed by atoms with Crippen molar-refractivity contribution in [2.75, 3.05) is 5.32 Å². The first-order valence-corrected chi connectivity index (χ1v) is 5.50. The maximum atomic E-state index is 11.4. The zero-order valence-corrected chi connectivity index (χ0v) is 10.2. The van der Waals surface area contributed by atoms with Gasteiger partial charge in [0.2, 0.25) is 5.91 Å². The van der Waals surface area contributed by atoms with E-state index in [4.69, 9.17) is 0 Å². The Kier molecular flexibility index (Phi) is 4.53. The van der Waals surface area contributed by atoms with Gasteiger partial charge in [-0.3, -0.25) is 19.7 Å². The van der Waals surface area contributed by atoms with Gasteiger partial charge in [-0.1, -0.05) is 13.0 Å². The molecule has 0 bridgehead atoms. The largest absolute Gasteiger partial charge is 0.325 e. The number of nitro benzene ring substituents is 1. The molecule has 1 N–H and O–H groups in total. The smallest absolute Gasteiger partial charge is 0.274 e. The Morgan fingerprint density at radius 1 is 1.39 bits per heavy atom. The van der Waals surface area contributed by atoms with Gasteiger partial charge in [-0.25, -0.2) is 0 Å². The first-order valence-electron chi connectivity index (χ1n) is 5.50. The fraction of sp³-hybridized carbons (Fsp3) is 0.333. The fourth-order valence-electron chi connectivity index (χ4n) is 1.54. The summed E-state index contributed by atoms with van der Waals surface area (Å²) in [6.45, 7) is 3.12. The molecule has 0 saturated carbocycles. The van der Waals surface area contributed by atoms with Gasteiger partial charge in [0.05, 0.1) is 11.3 Å². The fourth-order valence-corrected chi connectivity index (χ4v) is 1.54. The molecule has 0 aliphatic rings. The SMILES string of the molecule is CCc1ccc(NC(=O)CC(C)=O)cc1[N+](=O)[O-]. The molecule has 0 unspecified atom stereocenters. The van der Waals surface area contributed by atoms with Crippen LogP contribution in [0.15, 0.2) is 18.2 Å². The van der Waals surface area contributed by atoms with Crippen molar-refractivity contribution in [3.63, 3.8) is 0 Å². The average molecular weight is 250 g/mol. The maximum absolute atomic E-state index is 11.4. The molecule has 1 rings (SSSR count). The number of aryl methyl sites for hydroxylation is 1. The number of carbonyl (C=O) groups is 2. The highest BCUT2D eigenvalue weighted by Gasteiger charge is 2.14. The molecule has 18 heavy (non-hydrogen) atoms. The van der Waals surface area contributed by atoms with Crippen LogP contribution in [-0.4, -0.2) is 16.6 Å². The number of carbonyl (C=O) groups excluding carboxylic acids is 2. The molecule has 0 heterocycles. The molecule has 6 nitrogen and oxygen atoms in total. The minimum Gasteiger partial charge on any atom is -0.325 e. The van der Waals surface area contributed by atoms with Crippen molar-refractivity contribution in [1.29, 1.82) is 0 Å². The van der Waals surface area contributed by atoms with Crippen LogP contribution >= 0.6 is 0 Å². The number of amides is 1. The van der Waals surface area contributed by atoms with Crippen LogP contribution in [-0.2, 0) is 16.0 Å². The van der Waals surface area contributed by atoms with Crippen LogP contribution in [0.25, 0.3) is 0 Å². The molecular formula is C12H14N2O4. The van der Waals surface area contributed by atoms with Crippen molar-refractivity contribution in [2.24, 2.45) is 0 Å². The zero-order chi connectivity index (χ0) is 13.7. The van der Waals surface area contributed by atoms with Crippen LogP contribution in [0.5, 0.6) is 0 Å². The molecule has 0 radical (unpaired) electrons. The molecular weight excluding hydrogens is 236 g/mol. The molecule has 0 saturated heterocycles. The van der Waals surface area contributed by atoms with E-state index in [0.29, 0.717) is 17.7 Å². The normalized spacial score (nSPS) is 9.89. The van der Waals surface area contributed by atoms with Gasteiger partial charge in [0.15, 0.2) is 0 Å². The third-order valence-electron chi connectivity index (χ3n) is 2.36. The molecule has 1 aromatic rings. The predicted octanol–water partition coefficient (Wildman–Crippen LogP) is 2.07. The van der Waals surface area contributed by atoms with Crippen molar-refractivity contribution in [3.05, 3.63) is 33.9 Å². The van der Waals surface area contributed by atoms with E-state index in [2.05, 4.69) is 5.32 Å². The second-order valence-corrected chi connectivity index (χ2v) is 3.88. The van der Waals surface area contributed by atoms with E-state index < -0.39 is 10.8 Å². The lowest BCUT2D eigenvalue weighted by molar-refractivity contribution is -0.385. The van der Waals surface area contributed by atoms with E-state index in [9.17, 15) is 19.7 Å². The number of hydrogen-bond donors (Lipinski definition) is 1. The highest BCUT2D eigenvalue weighted by Crippen LogP contribution is 2.23. The number of nitro groups is 1. The molecule has 0 fully saturated rings. The van der Waals surface area contributed by atoms with Gasteiger partial charge in [-0.05, 0) is 19.4 Å². The Labute approximate surface area is 104 Å². The molecule has 1 amide bonds. The second kappa shape index (κ2) is 5.90. The van der Waals surface area contributed by atoms with Gasteiger partial charge in [-0.2, -0.15) is 0 Å². The predicted molar refractivity (Wildman–Crippen MR) is 66.4 cm³/mol. The molecule has 0 aromatic heterocycles. The van der Waals surface area contributed by atoms with Crippen molar-refractivity contribution in [2.45, 2.75) is 26.7 Å². The number of ketones is 1. The highest BCUT2D eigenvalue weighted by molar-refractivity contribution is 6.03. The van der Waals surface area contributed by atoms with Crippen LogP contribution in [0.2, 0.25) is 0 Å². The monoisotopic (exact) mass is 250 g/mol. The van der Waals surface area contributed by atoms with E-state index in [1.54, 1.807) is 12.1 Å². The summed E-state index contributed by atoms with van der Waals surface area (Å²) in [4.78, 5) is 32.5. The zero-order valence-electron chi connectivity index (χ0n) is 10.2. The summed E-state index contributed by atoms with van der Waals surface area (Å²) in [5.41, 5.74) is 0.896. The Bertz CT molecular complexity index is 497. The molecule has 1 aromatic carbocycles. The van der Waals surface area contributed by atoms with Gasteiger partial charge in [-0.15, -0.1) is 0 Å². The van der Waals surface area contributed by atoms with Gasteiger partial charge in [0, 0.05) is 17.3 Å². The number of rotatable bonds is 5. The third kappa shape index (κ3) is 3.65. The van der Waals surface area contributed by atoms with Crippen LogP contribution in [0.4, 0.5) is 11.4 Å². The van der Waals surface area contributed by atoms with Crippen molar-refractivity contribution in [3.8, 4) is 0 Å². The van der Waals surface area contributed by atoms with Crippen molar-refractivity contribution < 1.29 is 14.5 Å². The van der Waals surface area contributed by atoms with Gasteiger partial charge in [0.1, 0.15) is 5.78 Å². The summed E-state index contributed by atoms with van der Waals surface area (Å²) < 4.78 is 0. The van der Waals surface area contributed by atoms with Gasteiger partial charge < -0.3 is 5.32 Å². The third-order valence-corrected chi connectivity index (χ3v) is 2.36. The lowest BCUT2D eigenvalue weighted by Crippen LogP contribution is -2.14. The van der Waals surface area contributed by atoms with Gasteiger partial charge in [0.25, 0.3) is 5.69 Å². The summed E-state index contributed by atoms with van der Waals surface area (Å²) in [5.74, 6) is -0.728. The first-order chi connectivity index (χ1) is 8.43. The van der Waals surface area contributed by atoms with Crippen molar-refractivity contribution in [1.82, 2.24) is 0 Å². The summed E-state index contributed by atoms with van der Waals surface area (Å²) in [7, 11) is 0. The van der Waals surface area contributed by atoms with Crippen LogP contribution in [0, 0.1) is 10.1 Å². The number of Topliss-reactive ketones (excluding diaryl/α,β-unsaturated/α-hetero) is 1. The maximum Gasteiger partial charge on any atom is 0.274 e. The number of anilines is 1. The van der Waals surface area contributed by atoms with E-state index >= 15 is 0 Å². The number of benzene rings is 1. The summed E-state index contributed by atoms with van der Waals surface area (Å²) in [5, 5.41) is 13.3. The molecule has 0 spiro atoms. The Morgan fingerprint density at radius 2 is 2.06 bits per heavy atom. The molecule has 0 aliphatic heterocycles. The molecule has 0 atom stereocenters. The average Bonchev–Trinajstić information content (AvgIpc) is 2.27. The standard InChI is InChI=1S/C12H14N2O4/c1-3-9-4-5-10(7-11(9)14(17)18)13-12(16)6-8(2)15/h4-5,7H,3,6H2,1-2H3,(H,13,16). The van der Waals surface area contributed by atoms with E-state index in [-0.39, 0.29) is 17.9 Å². The Balaban J connectivity index is 2.91. The highest BCUT2D eigenvalue weighted by atomic mass is 16.6. The molecule has 6 heteroatoms. The minimum atomic E-state index is -0.487. The first kappa shape index (κ1) is 13.8. The summed E-state index contributed by atoms with van der Waals surface area (Å²) in [6.07, 6.45) is 0.307. The lowest BCUT2D eigenvalue weighted by Gasteiger charge is -2.06. The van der Waals surface area contributed by atoms with Crippen LogP contribution in [0.3, 0.4) is 0 Å². The number of nitrogens with one attached hydrogen (secondary N) is 1. The molecule has 96 valence electrons. The van der Waals surface area contributed by atoms with Crippen LogP contribution < -0.4 is 5.32 Å². The number of hydrogen-bond acceptors (Lipinski definition) is 4.